The van der Waals surface area contributed by atoms with Gasteiger partial charge in [-0.2, -0.15) is 0 Å². The smallest absolute Gasteiger partial charge is 0.131 e. The summed E-state index contributed by atoms with van der Waals surface area (Å²) in [6.45, 7) is 4.43. The van der Waals surface area contributed by atoms with Crippen LogP contribution in [0.4, 0.5) is 11.6 Å². The molecule has 0 aliphatic heterocycles. The average molecular weight is 164 g/mol. The maximum absolute atomic E-state index is 5.45. The molecule has 0 unspecified atom stereocenters. The Kier molecular flexibility index (Phi) is 3.07. The number of aromatic nitrogens is 2. The molecule has 3 N–H and O–H groups in total. The van der Waals surface area contributed by atoms with Crippen LogP contribution in [-0.2, 0) is 0 Å². The summed E-state index contributed by atoms with van der Waals surface area (Å²) in [4.78, 5) is 7.75. The first-order valence-corrected chi connectivity index (χ1v) is 3.75. The van der Waals surface area contributed by atoms with Crippen molar-refractivity contribution in [2.24, 2.45) is 0 Å². The number of rotatable bonds is 4. The Balaban J connectivity index is 2.46. The lowest BCUT2D eigenvalue weighted by Crippen LogP contribution is -2.03. The van der Waals surface area contributed by atoms with E-state index < -0.39 is 0 Å². The van der Waals surface area contributed by atoms with Crippen molar-refractivity contribution in [3.05, 3.63) is 25.0 Å². The quantitative estimate of drug-likeness (QED) is 0.515. The van der Waals surface area contributed by atoms with Crippen molar-refractivity contribution in [1.29, 1.82) is 0 Å². The van der Waals surface area contributed by atoms with Gasteiger partial charge in [0.05, 0.1) is 0 Å². The van der Waals surface area contributed by atoms with Crippen molar-refractivity contribution in [2.75, 3.05) is 17.6 Å². The minimum absolute atomic E-state index is 0.478. The minimum Gasteiger partial charge on any atom is -0.384 e. The number of nitrogens with zero attached hydrogens (tertiary/aromatic N) is 2. The summed E-state index contributed by atoms with van der Waals surface area (Å²) in [6, 6.07) is 1.70. The molecule has 4 nitrogen and oxygen atoms in total. The predicted octanol–water partition coefficient (Wildman–Crippen LogP) is 1.05. The Labute approximate surface area is 71.5 Å². The number of hydrogen-bond donors (Lipinski definition) is 2. The van der Waals surface area contributed by atoms with Crippen LogP contribution >= 0.6 is 0 Å². The van der Waals surface area contributed by atoms with Crippen LogP contribution in [0.25, 0.3) is 0 Å². The summed E-state index contributed by atoms with van der Waals surface area (Å²) in [5.74, 6) is 1.23. The highest BCUT2D eigenvalue weighted by atomic mass is 15.0. The van der Waals surface area contributed by atoms with E-state index in [9.17, 15) is 0 Å². The van der Waals surface area contributed by atoms with Gasteiger partial charge in [0.2, 0.25) is 0 Å². The Hall–Kier alpha value is -1.58. The first-order chi connectivity index (χ1) is 5.83. The molecule has 12 heavy (non-hydrogen) atoms. The zero-order valence-corrected chi connectivity index (χ0v) is 6.83. The largest absolute Gasteiger partial charge is 0.384 e. The van der Waals surface area contributed by atoms with Gasteiger partial charge in [-0.05, 0) is 6.42 Å². The number of nitrogen functional groups attached to an aromatic ring is 1. The van der Waals surface area contributed by atoms with E-state index in [0.717, 1.165) is 18.8 Å². The molecule has 0 amide bonds. The third kappa shape index (κ3) is 2.57. The Morgan fingerprint density at radius 1 is 1.58 bits per heavy atom. The molecule has 1 aromatic heterocycles. The summed E-state index contributed by atoms with van der Waals surface area (Å²) in [7, 11) is 0. The fraction of sp³-hybridized carbons (Fsp3) is 0.250. The Morgan fingerprint density at radius 3 is 3.08 bits per heavy atom. The fourth-order valence-electron chi connectivity index (χ4n) is 0.771. The normalized spacial score (nSPS) is 9.33. The van der Waals surface area contributed by atoms with Gasteiger partial charge in [0.15, 0.2) is 0 Å². The van der Waals surface area contributed by atoms with Crippen LogP contribution in [-0.4, -0.2) is 16.5 Å². The van der Waals surface area contributed by atoms with Crippen molar-refractivity contribution < 1.29 is 0 Å². The molecule has 0 spiro atoms. The fourth-order valence-corrected chi connectivity index (χ4v) is 0.771. The van der Waals surface area contributed by atoms with Crippen LogP contribution < -0.4 is 11.1 Å². The van der Waals surface area contributed by atoms with E-state index in [1.807, 2.05) is 6.08 Å². The number of hydrogen-bond acceptors (Lipinski definition) is 4. The van der Waals surface area contributed by atoms with E-state index >= 15 is 0 Å². The van der Waals surface area contributed by atoms with Gasteiger partial charge in [0.1, 0.15) is 18.0 Å². The standard InChI is InChI=1S/C8H12N4/c1-2-3-4-10-8-5-7(9)11-6-12-8/h2,5-6H,1,3-4H2,(H3,9,10,11,12). The van der Waals surface area contributed by atoms with Crippen molar-refractivity contribution in [3.63, 3.8) is 0 Å². The highest BCUT2D eigenvalue weighted by Crippen LogP contribution is 2.03. The van der Waals surface area contributed by atoms with Crippen molar-refractivity contribution in [2.45, 2.75) is 6.42 Å². The highest BCUT2D eigenvalue weighted by molar-refractivity contribution is 5.43. The molecule has 4 heteroatoms. The van der Waals surface area contributed by atoms with Crippen LogP contribution in [0.15, 0.2) is 25.0 Å². The van der Waals surface area contributed by atoms with Crippen molar-refractivity contribution in [1.82, 2.24) is 9.97 Å². The Morgan fingerprint density at radius 2 is 2.42 bits per heavy atom. The van der Waals surface area contributed by atoms with E-state index in [-0.39, 0.29) is 0 Å². The molecule has 0 aromatic carbocycles. The molecule has 0 bridgehead atoms. The second kappa shape index (κ2) is 4.33. The van der Waals surface area contributed by atoms with Crippen LogP contribution in [0.3, 0.4) is 0 Å². The molecule has 0 fully saturated rings. The van der Waals surface area contributed by atoms with Crippen molar-refractivity contribution in [3.8, 4) is 0 Å². The molecule has 0 radical (unpaired) electrons. The van der Waals surface area contributed by atoms with Gasteiger partial charge in [-0.1, -0.05) is 6.08 Å². The maximum atomic E-state index is 5.45. The lowest BCUT2D eigenvalue weighted by atomic mass is 10.4. The number of nitrogens with two attached hydrogens (primary N) is 1. The third-order valence-electron chi connectivity index (χ3n) is 1.34. The van der Waals surface area contributed by atoms with Crippen molar-refractivity contribution >= 4 is 11.6 Å². The van der Waals surface area contributed by atoms with Gasteiger partial charge in [-0.25, -0.2) is 9.97 Å². The monoisotopic (exact) mass is 164 g/mol. The molecule has 0 aliphatic carbocycles. The van der Waals surface area contributed by atoms with Gasteiger partial charge in [0.25, 0.3) is 0 Å². The second-order valence-electron chi connectivity index (χ2n) is 2.33. The van der Waals surface area contributed by atoms with Gasteiger partial charge >= 0.3 is 0 Å². The first-order valence-electron chi connectivity index (χ1n) is 3.75. The molecule has 1 aromatic rings. The summed E-state index contributed by atoms with van der Waals surface area (Å²) in [5, 5.41) is 3.08. The zero-order valence-electron chi connectivity index (χ0n) is 6.83. The van der Waals surface area contributed by atoms with Crippen LogP contribution in [0.1, 0.15) is 6.42 Å². The summed E-state index contributed by atoms with van der Waals surface area (Å²) in [5.41, 5.74) is 5.45. The highest BCUT2D eigenvalue weighted by Gasteiger charge is 1.92. The third-order valence-corrected chi connectivity index (χ3v) is 1.34. The van der Waals surface area contributed by atoms with E-state index in [1.165, 1.54) is 6.33 Å². The van der Waals surface area contributed by atoms with E-state index in [0.29, 0.717) is 5.82 Å². The molecule has 64 valence electrons. The van der Waals surface area contributed by atoms with E-state index in [4.69, 9.17) is 5.73 Å². The van der Waals surface area contributed by atoms with E-state index in [2.05, 4.69) is 21.9 Å². The van der Waals surface area contributed by atoms with E-state index in [1.54, 1.807) is 6.07 Å². The molecule has 1 rings (SSSR count). The lowest BCUT2D eigenvalue weighted by Gasteiger charge is -2.02. The summed E-state index contributed by atoms with van der Waals surface area (Å²) >= 11 is 0. The zero-order chi connectivity index (χ0) is 8.81. The lowest BCUT2D eigenvalue weighted by molar-refractivity contribution is 1.04. The van der Waals surface area contributed by atoms with Crippen LogP contribution in [0.2, 0.25) is 0 Å². The minimum atomic E-state index is 0.478. The summed E-state index contributed by atoms with van der Waals surface area (Å²) in [6.07, 6.45) is 4.19. The molecular weight excluding hydrogens is 152 g/mol. The molecule has 0 saturated heterocycles. The topological polar surface area (TPSA) is 63.8 Å². The molecule has 0 aliphatic rings. The maximum Gasteiger partial charge on any atom is 0.131 e. The Bertz CT molecular complexity index is 259. The van der Waals surface area contributed by atoms with Gasteiger partial charge in [-0.15, -0.1) is 6.58 Å². The molecule has 1 heterocycles. The first kappa shape index (κ1) is 8.52. The molecule has 0 atom stereocenters. The van der Waals surface area contributed by atoms with Crippen LogP contribution in [0, 0.1) is 0 Å². The average Bonchev–Trinajstić information content (AvgIpc) is 2.05. The molecular formula is C8H12N4. The second-order valence-corrected chi connectivity index (χ2v) is 2.33. The SMILES string of the molecule is C=CCCNc1cc(N)ncn1. The van der Waals surface area contributed by atoms with Gasteiger partial charge in [0, 0.05) is 12.6 Å². The van der Waals surface area contributed by atoms with Gasteiger partial charge in [-0.3, -0.25) is 0 Å². The summed E-state index contributed by atoms with van der Waals surface area (Å²) < 4.78 is 0. The number of anilines is 2. The number of nitrogens with one attached hydrogen (secondary N) is 1. The van der Waals surface area contributed by atoms with Crippen LogP contribution in [0.5, 0.6) is 0 Å². The molecule has 0 saturated carbocycles. The predicted molar refractivity (Wildman–Crippen MR) is 49.7 cm³/mol. The van der Waals surface area contributed by atoms with Gasteiger partial charge < -0.3 is 11.1 Å².